The first kappa shape index (κ1) is 25.4. The van der Waals surface area contributed by atoms with Gasteiger partial charge in [-0.2, -0.15) is 0 Å². The van der Waals surface area contributed by atoms with E-state index >= 15 is 0 Å². The van der Waals surface area contributed by atoms with Crippen LogP contribution in [-0.4, -0.2) is 26.7 Å². The molecule has 0 fully saturated rings. The van der Waals surface area contributed by atoms with Gasteiger partial charge in [0.25, 0.3) is 5.91 Å². The van der Waals surface area contributed by atoms with E-state index in [0.717, 1.165) is 21.9 Å². The number of hydrogen-bond acceptors (Lipinski definition) is 5. The Balaban J connectivity index is 1.30. The number of ether oxygens (including phenoxy) is 1. The largest absolute Gasteiger partial charge is 0.491 e. The molecule has 1 aromatic heterocycles. The zero-order chi connectivity index (χ0) is 26.9. The van der Waals surface area contributed by atoms with Crippen molar-refractivity contribution in [2.24, 2.45) is 0 Å². The number of carbonyl (C=O) groups is 1. The molecule has 4 aromatic carbocycles. The lowest BCUT2D eigenvalue weighted by Gasteiger charge is -2.23. The van der Waals surface area contributed by atoms with Crippen molar-refractivity contribution in [1.82, 2.24) is 0 Å². The summed E-state index contributed by atoms with van der Waals surface area (Å²) < 4.78 is 38.0. The van der Waals surface area contributed by atoms with Crippen molar-refractivity contribution in [2.75, 3.05) is 15.9 Å². The highest BCUT2D eigenvalue weighted by Gasteiger charge is 2.19. The predicted octanol–water partition coefficient (Wildman–Crippen LogP) is 6.59. The molecule has 1 N–H and O–H groups in total. The Morgan fingerprint density at radius 3 is 2.26 bits per heavy atom. The smallest absolute Gasteiger partial charge is 0.255 e. The summed E-state index contributed by atoms with van der Waals surface area (Å²) in [6.07, 6.45) is 1.20. The maximum atomic E-state index is 12.9. The highest BCUT2D eigenvalue weighted by atomic mass is 32.2. The second-order valence-electron chi connectivity index (χ2n) is 9.39. The number of benzene rings is 4. The van der Waals surface area contributed by atoms with E-state index in [9.17, 15) is 13.2 Å². The fourth-order valence-corrected chi connectivity index (χ4v) is 5.19. The number of carbonyl (C=O) groups excluding carboxylic acids is 1. The van der Waals surface area contributed by atoms with E-state index in [1.54, 1.807) is 48.5 Å². The molecule has 0 atom stereocenters. The molecule has 7 nitrogen and oxygen atoms in total. The van der Waals surface area contributed by atoms with E-state index in [4.69, 9.17) is 9.15 Å². The fourth-order valence-electron chi connectivity index (χ4n) is 4.30. The molecule has 0 aliphatic carbocycles. The van der Waals surface area contributed by atoms with Crippen LogP contribution in [0.15, 0.2) is 95.4 Å². The summed E-state index contributed by atoms with van der Waals surface area (Å²) in [5, 5.41) is 4.92. The monoisotopic (exact) mass is 528 g/mol. The molecule has 1 heterocycles. The van der Waals surface area contributed by atoms with Crippen LogP contribution in [0.4, 0.5) is 11.4 Å². The van der Waals surface area contributed by atoms with Crippen LogP contribution in [0.2, 0.25) is 0 Å². The van der Waals surface area contributed by atoms with Crippen LogP contribution in [0.5, 0.6) is 5.75 Å². The van der Waals surface area contributed by atoms with Crippen LogP contribution in [-0.2, 0) is 16.6 Å². The van der Waals surface area contributed by atoms with Crippen LogP contribution >= 0.6 is 0 Å². The van der Waals surface area contributed by atoms with Crippen molar-refractivity contribution in [3.8, 4) is 5.75 Å². The van der Waals surface area contributed by atoms with E-state index < -0.39 is 10.0 Å². The molecular weight excluding hydrogens is 500 g/mol. The topological polar surface area (TPSA) is 88.8 Å². The molecule has 5 rings (SSSR count). The lowest BCUT2D eigenvalue weighted by Crippen LogP contribution is -2.29. The van der Waals surface area contributed by atoms with Crippen molar-refractivity contribution < 1.29 is 22.4 Å². The minimum absolute atomic E-state index is 0.0238. The van der Waals surface area contributed by atoms with E-state index in [0.29, 0.717) is 28.3 Å². The van der Waals surface area contributed by atoms with Crippen molar-refractivity contribution in [3.63, 3.8) is 0 Å². The molecular formula is C30H28N2O5S. The lowest BCUT2D eigenvalue weighted by atomic mass is 10.1. The van der Waals surface area contributed by atoms with Gasteiger partial charge in [0.1, 0.15) is 16.9 Å². The first-order chi connectivity index (χ1) is 18.2. The molecule has 0 spiro atoms. The third-order valence-corrected chi connectivity index (χ3v) is 7.22. The second kappa shape index (κ2) is 10.2. The van der Waals surface area contributed by atoms with Gasteiger partial charge in [-0.25, -0.2) is 8.42 Å². The Kier molecular flexibility index (Phi) is 6.82. The molecule has 8 heteroatoms. The highest BCUT2D eigenvalue weighted by Crippen LogP contribution is 2.30. The number of para-hydroxylation sites is 1. The van der Waals surface area contributed by atoms with Crippen LogP contribution in [0, 0.1) is 0 Å². The average molecular weight is 529 g/mol. The Hall–Kier alpha value is -4.30. The molecule has 0 aliphatic heterocycles. The van der Waals surface area contributed by atoms with Gasteiger partial charge in [0.05, 0.1) is 24.6 Å². The first-order valence-electron chi connectivity index (χ1n) is 12.2. The van der Waals surface area contributed by atoms with E-state index in [-0.39, 0.29) is 18.6 Å². The molecule has 0 radical (unpaired) electrons. The van der Waals surface area contributed by atoms with Crippen molar-refractivity contribution in [3.05, 3.63) is 102 Å². The molecule has 1 amide bonds. The van der Waals surface area contributed by atoms with Gasteiger partial charge in [-0.3, -0.25) is 9.10 Å². The number of fused-ring (bicyclic) bond motifs is 3. The SMILES string of the molecule is CC(C)Oc1ccc(N(Cc2ccc(C(=O)Nc3ccc4c(c3)oc3ccccc34)cc2)S(C)(=O)=O)cc1. The molecule has 0 saturated heterocycles. The van der Waals surface area contributed by atoms with E-state index in [1.165, 1.54) is 10.6 Å². The standard InChI is InChI=1S/C30H28N2O5S/c1-20(2)36-25-15-13-24(14-16-25)32(38(3,34)35)19-21-8-10-22(11-9-21)30(33)31-23-12-17-27-26-6-4-5-7-28(26)37-29(27)18-23/h4-18,20H,19H2,1-3H3,(H,31,33). The van der Waals surface area contributed by atoms with Crippen molar-refractivity contribution in [2.45, 2.75) is 26.5 Å². The summed E-state index contributed by atoms with van der Waals surface area (Å²) in [4.78, 5) is 12.9. The minimum Gasteiger partial charge on any atom is -0.491 e. The van der Waals surface area contributed by atoms with Crippen molar-refractivity contribution >= 4 is 49.2 Å². The molecule has 38 heavy (non-hydrogen) atoms. The molecule has 0 aliphatic rings. The van der Waals surface area contributed by atoms with Gasteiger partial charge in [-0.15, -0.1) is 0 Å². The molecule has 194 valence electrons. The summed E-state index contributed by atoms with van der Waals surface area (Å²) in [6, 6.07) is 27.2. The van der Waals surface area contributed by atoms with Crippen molar-refractivity contribution in [1.29, 1.82) is 0 Å². The van der Waals surface area contributed by atoms with Gasteiger partial charge in [0.15, 0.2) is 0 Å². The Morgan fingerprint density at radius 1 is 0.895 bits per heavy atom. The number of sulfonamides is 1. The molecule has 0 unspecified atom stereocenters. The third kappa shape index (κ3) is 5.50. The summed E-state index contributed by atoms with van der Waals surface area (Å²) >= 11 is 0. The number of rotatable bonds is 8. The normalized spacial score (nSPS) is 11.7. The molecule has 5 aromatic rings. The summed E-state index contributed by atoms with van der Waals surface area (Å²) in [5.74, 6) is 0.403. The maximum absolute atomic E-state index is 12.9. The van der Waals surface area contributed by atoms with Gasteiger partial charge in [0, 0.05) is 28.1 Å². The fraction of sp³-hybridized carbons (Fsp3) is 0.167. The second-order valence-corrected chi connectivity index (χ2v) is 11.3. The number of hydrogen-bond donors (Lipinski definition) is 1. The zero-order valence-corrected chi connectivity index (χ0v) is 22.2. The summed E-state index contributed by atoms with van der Waals surface area (Å²) in [7, 11) is -3.54. The number of nitrogens with one attached hydrogen (secondary N) is 1. The van der Waals surface area contributed by atoms with E-state index in [1.807, 2.05) is 56.3 Å². The first-order valence-corrected chi connectivity index (χ1v) is 14.1. The Morgan fingerprint density at radius 2 is 1.58 bits per heavy atom. The molecule has 0 saturated carbocycles. The highest BCUT2D eigenvalue weighted by molar-refractivity contribution is 7.92. The third-order valence-electron chi connectivity index (χ3n) is 6.08. The Labute approximate surface area is 221 Å². The average Bonchev–Trinajstić information content (AvgIpc) is 3.25. The van der Waals surface area contributed by atoms with Gasteiger partial charge in [0.2, 0.25) is 10.0 Å². The molecule has 0 bridgehead atoms. The number of amides is 1. The predicted molar refractivity (Wildman–Crippen MR) is 151 cm³/mol. The summed E-state index contributed by atoms with van der Waals surface area (Å²) in [6.45, 7) is 3.99. The number of furan rings is 1. The quantitative estimate of drug-likeness (QED) is 0.245. The maximum Gasteiger partial charge on any atom is 0.255 e. The lowest BCUT2D eigenvalue weighted by molar-refractivity contribution is 0.102. The van der Waals surface area contributed by atoms with E-state index in [2.05, 4.69) is 5.32 Å². The van der Waals surface area contributed by atoms with Gasteiger partial charge < -0.3 is 14.5 Å². The van der Waals surface area contributed by atoms with Crippen LogP contribution in [0.1, 0.15) is 29.8 Å². The van der Waals surface area contributed by atoms with Gasteiger partial charge in [-0.05, 0) is 74.0 Å². The van der Waals surface area contributed by atoms with Gasteiger partial charge in [-0.1, -0.05) is 30.3 Å². The van der Waals surface area contributed by atoms with Crippen LogP contribution < -0.4 is 14.4 Å². The van der Waals surface area contributed by atoms with Gasteiger partial charge >= 0.3 is 0 Å². The van der Waals surface area contributed by atoms with Crippen LogP contribution in [0.25, 0.3) is 21.9 Å². The Bertz CT molecular complexity index is 1710. The minimum atomic E-state index is -3.54. The van der Waals surface area contributed by atoms with Crippen LogP contribution in [0.3, 0.4) is 0 Å². The number of anilines is 2. The summed E-state index contributed by atoms with van der Waals surface area (Å²) in [5.41, 5.74) is 3.86. The number of nitrogens with zero attached hydrogens (tertiary/aromatic N) is 1. The zero-order valence-electron chi connectivity index (χ0n) is 21.3.